The molecule has 22 nitrogen and oxygen atoms in total. The molecule has 0 bridgehead atoms. The van der Waals surface area contributed by atoms with Gasteiger partial charge in [0.2, 0.25) is 5.78 Å². The van der Waals surface area contributed by atoms with E-state index in [9.17, 15) is 14.4 Å². The zero-order valence-corrected chi connectivity index (χ0v) is 28.4. The third-order valence-corrected chi connectivity index (χ3v) is 7.69. The molecule has 0 amide bonds. The molecule has 0 saturated heterocycles. The fraction of sp³-hybridized carbons (Fsp3) is 0.0938. The Morgan fingerprint density at radius 2 is 1.19 bits per heavy atom. The predicted octanol–water partition coefficient (Wildman–Crippen LogP) is 3.79. The highest BCUT2D eigenvalue weighted by Gasteiger charge is 2.23. The number of hydrogen-bond acceptors (Lipinski definition) is 18. The second-order valence-corrected chi connectivity index (χ2v) is 11.0. The molecule has 22 heteroatoms. The molecule has 0 aromatic carbocycles. The second-order valence-electron chi connectivity index (χ2n) is 11.0. The number of Topliss-reactive ketones (excluding diaryl/α,β-unsaturated/α-hetero) is 1. The molecular formula is C32H26N18O4. The molecule has 54 heavy (non-hydrogen) atoms. The number of nitrogens with zero attached hydrogens (tertiary/aromatic N) is 16. The fourth-order valence-corrected chi connectivity index (χ4v) is 5.09. The van der Waals surface area contributed by atoms with Crippen molar-refractivity contribution >= 4 is 52.7 Å². The summed E-state index contributed by atoms with van der Waals surface area (Å²) >= 11 is 0. The lowest BCUT2D eigenvalue weighted by molar-refractivity contribution is -0.104. The fourth-order valence-electron chi connectivity index (χ4n) is 5.09. The topological polar surface area (TPSA) is 285 Å². The lowest BCUT2D eigenvalue weighted by atomic mass is 10.2. The Kier molecular flexibility index (Phi) is 9.03. The molecule has 268 valence electrons. The molecule has 7 heterocycles. The van der Waals surface area contributed by atoms with Crippen LogP contribution >= 0.6 is 0 Å². The van der Waals surface area contributed by atoms with E-state index >= 15 is 0 Å². The minimum Gasteiger partial charge on any atom is -0.465 e. The van der Waals surface area contributed by atoms with Crippen LogP contribution in [0.1, 0.15) is 32.1 Å². The molecule has 0 radical (unpaired) electrons. The van der Waals surface area contributed by atoms with Crippen LogP contribution in [0.15, 0.2) is 94.0 Å². The van der Waals surface area contributed by atoms with E-state index in [-0.39, 0.29) is 63.7 Å². The van der Waals surface area contributed by atoms with Gasteiger partial charge in [0.15, 0.2) is 64.2 Å². The average Bonchev–Trinajstić information content (AvgIpc) is 3.96. The lowest BCUT2D eigenvalue weighted by Crippen LogP contribution is -2.09. The van der Waals surface area contributed by atoms with E-state index < -0.39 is 11.8 Å². The molecular weight excluding hydrogens is 700 g/mol. The van der Waals surface area contributed by atoms with Crippen molar-refractivity contribution in [2.24, 2.45) is 20.5 Å². The van der Waals surface area contributed by atoms with Crippen LogP contribution in [-0.2, 0) is 9.53 Å². The zero-order valence-electron chi connectivity index (χ0n) is 28.4. The minimum atomic E-state index is -0.847. The summed E-state index contributed by atoms with van der Waals surface area (Å²) in [5.41, 5.74) is 14.0. The third-order valence-electron chi connectivity index (χ3n) is 7.69. The van der Waals surface area contributed by atoms with Gasteiger partial charge in [-0.1, -0.05) is 12.1 Å². The number of rotatable bonds is 11. The summed E-state index contributed by atoms with van der Waals surface area (Å²) in [4.78, 5) is 53.3. The van der Waals surface area contributed by atoms with E-state index in [1.807, 2.05) is 0 Å². The first-order valence-electron chi connectivity index (χ1n) is 15.6. The van der Waals surface area contributed by atoms with E-state index in [1.54, 1.807) is 56.4 Å². The monoisotopic (exact) mass is 726 g/mol. The number of carbonyl (C=O) groups excluding carboxylic acids is 3. The van der Waals surface area contributed by atoms with E-state index in [0.29, 0.717) is 23.0 Å². The van der Waals surface area contributed by atoms with Gasteiger partial charge in [0.25, 0.3) is 0 Å². The Labute approximate surface area is 302 Å². The van der Waals surface area contributed by atoms with Gasteiger partial charge in [-0.05, 0) is 38.1 Å². The normalized spacial score (nSPS) is 11.5. The molecule has 0 atom stereocenters. The molecule has 0 fully saturated rings. The van der Waals surface area contributed by atoms with Crippen molar-refractivity contribution in [1.82, 2.24) is 59.1 Å². The van der Waals surface area contributed by atoms with Crippen molar-refractivity contribution in [1.29, 1.82) is 0 Å². The maximum Gasteiger partial charge on any atom is 0.343 e. The van der Waals surface area contributed by atoms with Gasteiger partial charge < -0.3 is 16.2 Å². The number of nitrogens with two attached hydrogens (primary N) is 2. The molecule has 0 saturated carbocycles. The SMILES string of the molecule is COC(=O)c1cnn(-c2ccccn2)c1/N=N/c1c(C)nn(-c2cc(-n3nc(C)c(/N=N/c4c(C(=O)C=O)cnn4-c4ccccn4)c3N)ncn2)c1N. The highest BCUT2D eigenvalue weighted by atomic mass is 16.5. The molecule has 7 rings (SSSR count). The first kappa shape index (κ1) is 34.3. The first-order chi connectivity index (χ1) is 26.2. The van der Waals surface area contributed by atoms with E-state index in [2.05, 4.69) is 60.8 Å². The summed E-state index contributed by atoms with van der Waals surface area (Å²) in [5.74, 6) is -0.230. The molecule has 0 aliphatic heterocycles. The molecule has 0 unspecified atom stereocenters. The van der Waals surface area contributed by atoms with Crippen LogP contribution in [-0.4, -0.2) is 84.2 Å². The summed E-state index contributed by atoms with van der Waals surface area (Å²) in [6.45, 7) is 3.31. The van der Waals surface area contributed by atoms with Crippen molar-refractivity contribution in [3.63, 3.8) is 0 Å². The number of anilines is 2. The van der Waals surface area contributed by atoms with Crippen LogP contribution in [0.3, 0.4) is 0 Å². The summed E-state index contributed by atoms with van der Waals surface area (Å²) in [7, 11) is 1.24. The van der Waals surface area contributed by atoms with E-state index in [0.717, 1.165) is 0 Å². The highest BCUT2D eigenvalue weighted by Crippen LogP contribution is 2.34. The summed E-state index contributed by atoms with van der Waals surface area (Å²) in [6, 6.07) is 11.8. The Bertz CT molecular complexity index is 2600. The number of aromatic nitrogens is 12. The van der Waals surface area contributed by atoms with Crippen molar-refractivity contribution in [2.45, 2.75) is 13.8 Å². The number of methoxy groups -OCH3 is 1. The number of ketones is 1. The number of esters is 1. The van der Waals surface area contributed by atoms with Crippen molar-refractivity contribution < 1.29 is 19.1 Å². The van der Waals surface area contributed by atoms with Gasteiger partial charge >= 0.3 is 5.97 Å². The summed E-state index contributed by atoms with van der Waals surface area (Å²) in [6.07, 6.45) is 7.02. The number of carbonyl (C=O) groups is 3. The molecule has 0 aliphatic rings. The van der Waals surface area contributed by atoms with Gasteiger partial charge in [-0.15, -0.1) is 20.5 Å². The number of ether oxygens (including phenoxy) is 1. The Balaban J connectivity index is 1.21. The van der Waals surface area contributed by atoms with Crippen LogP contribution in [0.25, 0.3) is 23.3 Å². The largest absolute Gasteiger partial charge is 0.465 e. The van der Waals surface area contributed by atoms with Crippen LogP contribution in [0, 0.1) is 13.8 Å². The standard InChI is InChI=1S/C32H26N18O4/c1-17-26(41-43-30-19(21(52)15-51)13-39-49(30)22-8-4-6-10-35-22)28(33)47(45-17)24-12-25(38-16-37-24)48-29(34)27(18(2)46-48)42-44-31-20(32(53)54-3)14-40-50(31)23-9-5-7-11-36-23/h4-16H,33-34H2,1-3H3/b43-41+,44-42+. The van der Waals surface area contributed by atoms with Gasteiger partial charge in [0, 0.05) is 18.5 Å². The van der Waals surface area contributed by atoms with Crippen LogP contribution in [0.4, 0.5) is 34.6 Å². The van der Waals surface area contributed by atoms with Gasteiger partial charge in [-0.25, -0.2) is 24.7 Å². The summed E-state index contributed by atoms with van der Waals surface area (Å²) in [5, 5.41) is 34.5. The second kappa shape index (κ2) is 14.2. The average molecular weight is 727 g/mol. The Hall–Kier alpha value is -8.17. The van der Waals surface area contributed by atoms with Gasteiger partial charge in [0.1, 0.15) is 11.9 Å². The van der Waals surface area contributed by atoms with E-state index in [1.165, 1.54) is 56.8 Å². The number of nitrogen functional groups attached to an aromatic ring is 2. The zero-order chi connectivity index (χ0) is 37.9. The Morgan fingerprint density at radius 3 is 1.65 bits per heavy atom. The van der Waals surface area contributed by atoms with Crippen molar-refractivity contribution in [3.8, 4) is 23.3 Å². The van der Waals surface area contributed by atoms with Gasteiger partial charge in [0.05, 0.1) is 36.5 Å². The highest BCUT2D eigenvalue weighted by molar-refractivity contribution is 6.34. The molecule has 0 aliphatic carbocycles. The lowest BCUT2D eigenvalue weighted by Gasteiger charge is -2.07. The number of pyridine rings is 2. The quantitative estimate of drug-likeness (QED) is 0.0630. The Morgan fingerprint density at radius 1 is 0.685 bits per heavy atom. The van der Waals surface area contributed by atoms with Gasteiger partial charge in [-0.2, -0.15) is 39.1 Å². The molecule has 7 aromatic rings. The number of hydrogen-bond donors (Lipinski definition) is 2. The van der Waals surface area contributed by atoms with Gasteiger partial charge in [-0.3, -0.25) is 9.59 Å². The number of aldehydes is 1. The molecule has 0 spiro atoms. The van der Waals surface area contributed by atoms with Crippen molar-refractivity contribution in [2.75, 3.05) is 18.6 Å². The maximum atomic E-state index is 12.5. The number of aryl methyl sites for hydroxylation is 2. The summed E-state index contributed by atoms with van der Waals surface area (Å²) < 4.78 is 10.1. The van der Waals surface area contributed by atoms with Crippen molar-refractivity contribution in [3.05, 3.63) is 96.1 Å². The smallest absolute Gasteiger partial charge is 0.343 e. The van der Waals surface area contributed by atoms with Crippen LogP contribution < -0.4 is 11.5 Å². The van der Waals surface area contributed by atoms with Crippen LogP contribution in [0.5, 0.6) is 0 Å². The maximum absolute atomic E-state index is 12.5. The first-order valence-corrected chi connectivity index (χ1v) is 15.6. The molecule has 4 N–H and O–H groups in total. The predicted molar refractivity (Wildman–Crippen MR) is 187 cm³/mol. The minimum absolute atomic E-state index is 0.0399. The molecule has 7 aromatic heterocycles. The van der Waals surface area contributed by atoms with Crippen LogP contribution in [0.2, 0.25) is 0 Å². The number of azo groups is 2. The van der Waals surface area contributed by atoms with E-state index in [4.69, 9.17) is 16.2 Å². The third kappa shape index (κ3) is 6.21.